The minimum atomic E-state index is -0.101. The van der Waals surface area contributed by atoms with E-state index < -0.39 is 0 Å². The summed E-state index contributed by atoms with van der Waals surface area (Å²) in [5, 5.41) is 4.38. The fourth-order valence-corrected chi connectivity index (χ4v) is 4.03. The minimum Gasteiger partial charge on any atom is -0.497 e. The fraction of sp³-hybridized carbons (Fsp3) is 0.600. The molecule has 5 nitrogen and oxygen atoms in total. The molecule has 2 fully saturated rings. The monoisotopic (exact) mass is 342 g/mol. The SMILES string of the molecule is COc1cccc(C2(c3noc(C4(C)CCC(OC)CC4)n3)CC2)c1. The average Bonchev–Trinajstić information content (AvgIpc) is 3.31. The summed E-state index contributed by atoms with van der Waals surface area (Å²) in [6, 6.07) is 8.23. The van der Waals surface area contributed by atoms with Crippen LogP contribution in [0.3, 0.4) is 0 Å². The van der Waals surface area contributed by atoms with Crippen molar-refractivity contribution in [2.24, 2.45) is 0 Å². The molecule has 25 heavy (non-hydrogen) atoms. The van der Waals surface area contributed by atoms with Crippen LogP contribution < -0.4 is 4.74 Å². The van der Waals surface area contributed by atoms with Crippen LogP contribution >= 0.6 is 0 Å². The van der Waals surface area contributed by atoms with Crippen LogP contribution in [0.2, 0.25) is 0 Å². The van der Waals surface area contributed by atoms with Crippen LogP contribution in [0.1, 0.15) is 62.7 Å². The topological polar surface area (TPSA) is 57.4 Å². The third-order valence-electron chi connectivity index (χ3n) is 6.11. The Bertz CT molecular complexity index is 743. The van der Waals surface area contributed by atoms with Crippen molar-refractivity contribution in [1.29, 1.82) is 0 Å². The van der Waals surface area contributed by atoms with Gasteiger partial charge in [0.05, 0.1) is 18.6 Å². The first-order valence-electron chi connectivity index (χ1n) is 9.12. The van der Waals surface area contributed by atoms with Gasteiger partial charge in [0.25, 0.3) is 0 Å². The summed E-state index contributed by atoms with van der Waals surface area (Å²) in [6.07, 6.45) is 6.63. The summed E-state index contributed by atoms with van der Waals surface area (Å²) in [6.45, 7) is 2.24. The summed E-state index contributed by atoms with van der Waals surface area (Å²) in [5.41, 5.74) is 1.08. The number of hydrogen-bond acceptors (Lipinski definition) is 5. The lowest BCUT2D eigenvalue weighted by atomic mass is 9.74. The third-order valence-corrected chi connectivity index (χ3v) is 6.11. The zero-order chi connectivity index (χ0) is 17.5. The number of hydrogen-bond donors (Lipinski definition) is 0. The van der Waals surface area contributed by atoms with Crippen molar-refractivity contribution in [2.75, 3.05) is 14.2 Å². The van der Waals surface area contributed by atoms with Gasteiger partial charge in [-0.05, 0) is 56.2 Å². The Balaban J connectivity index is 1.59. The number of benzene rings is 1. The molecule has 1 aromatic carbocycles. The first kappa shape index (κ1) is 16.6. The Morgan fingerprint density at radius 1 is 1.12 bits per heavy atom. The van der Waals surface area contributed by atoms with Crippen LogP contribution in [0.4, 0.5) is 0 Å². The molecule has 1 heterocycles. The highest BCUT2D eigenvalue weighted by atomic mass is 16.5. The second kappa shape index (κ2) is 6.13. The van der Waals surface area contributed by atoms with Crippen molar-refractivity contribution in [3.8, 4) is 5.75 Å². The largest absolute Gasteiger partial charge is 0.497 e. The molecule has 0 saturated heterocycles. The molecule has 134 valence electrons. The van der Waals surface area contributed by atoms with Crippen molar-refractivity contribution < 1.29 is 14.0 Å². The number of methoxy groups -OCH3 is 2. The highest BCUT2D eigenvalue weighted by Crippen LogP contribution is 2.53. The van der Waals surface area contributed by atoms with E-state index in [2.05, 4.69) is 24.2 Å². The van der Waals surface area contributed by atoms with Gasteiger partial charge in [-0.15, -0.1) is 0 Å². The van der Waals surface area contributed by atoms with E-state index in [1.807, 2.05) is 12.1 Å². The highest BCUT2D eigenvalue weighted by molar-refractivity contribution is 5.42. The van der Waals surface area contributed by atoms with E-state index in [9.17, 15) is 0 Å². The summed E-state index contributed by atoms with van der Waals surface area (Å²) < 4.78 is 16.6. The van der Waals surface area contributed by atoms with Gasteiger partial charge in [-0.2, -0.15) is 4.98 Å². The van der Waals surface area contributed by atoms with Gasteiger partial charge in [0, 0.05) is 12.5 Å². The molecule has 0 unspecified atom stereocenters. The van der Waals surface area contributed by atoms with E-state index >= 15 is 0 Å². The Hall–Kier alpha value is -1.88. The lowest BCUT2D eigenvalue weighted by Gasteiger charge is -2.33. The molecule has 2 saturated carbocycles. The van der Waals surface area contributed by atoms with E-state index in [0.29, 0.717) is 6.10 Å². The van der Waals surface area contributed by atoms with Crippen molar-refractivity contribution in [3.63, 3.8) is 0 Å². The quantitative estimate of drug-likeness (QED) is 0.822. The molecule has 4 rings (SSSR count). The van der Waals surface area contributed by atoms with Crippen LogP contribution in [0, 0.1) is 0 Å². The van der Waals surface area contributed by atoms with Crippen LogP contribution in [0.25, 0.3) is 0 Å². The summed E-state index contributed by atoms with van der Waals surface area (Å²) >= 11 is 0. The standard InChI is InChI=1S/C20H26N2O3/c1-19(9-7-15(23-2)8-10-19)18-21-17(22-25-18)20(11-12-20)14-5-4-6-16(13-14)24-3/h4-6,13,15H,7-12H2,1-3H3. The molecule has 2 aromatic rings. The highest BCUT2D eigenvalue weighted by Gasteiger charge is 2.51. The number of aromatic nitrogens is 2. The van der Waals surface area contributed by atoms with Crippen LogP contribution in [-0.2, 0) is 15.6 Å². The zero-order valence-electron chi connectivity index (χ0n) is 15.2. The van der Waals surface area contributed by atoms with Gasteiger partial charge in [-0.1, -0.05) is 24.2 Å². The van der Waals surface area contributed by atoms with E-state index in [-0.39, 0.29) is 10.8 Å². The second-order valence-electron chi connectivity index (χ2n) is 7.73. The molecule has 0 N–H and O–H groups in total. The molecular formula is C20H26N2O3. The van der Waals surface area contributed by atoms with Gasteiger partial charge in [0.2, 0.25) is 5.89 Å². The Morgan fingerprint density at radius 2 is 1.88 bits per heavy atom. The molecule has 0 amide bonds. The molecule has 2 aliphatic carbocycles. The summed E-state index contributed by atoms with van der Waals surface area (Å²) in [4.78, 5) is 4.86. The molecule has 5 heteroatoms. The minimum absolute atomic E-state index is 0.0370. The van der Waals surface area contributed by atoms with Gasteiger partial charge in [-0.25, -0.2) is 0 Å². The number of ether oxygens (including phenoxy) is 2. The maximum Gasteiger partial charge on any atom is 0.232 e. The number of nitrogens with zero attached hydrogens (tertiary/aromatic N) is 2. The fourth-order valence-electron chi connectivity index (χ4n) is 4.03. The van der Waals surface area contributed by atoms with E-state index in [1.165, 1.54) is 5.56 Å². The normalized spacial score (nSPS) is 27.9. The van der Waals surface area contributed by atoms with E-state index in [4.69, 9.17) is 19.0 Å². The molecule has 0 bridgehead atoms. The Kier molecular flexibility index (Phi) is 4.07. The van der Waals surface area contributed by atoms with Crippen LogP contribution in [-0.4, -0.2) is 30.5 Å². The van der Waals surface area contributed by atoms with Crippen molar-refractivity contribution >= 4 is 0 Å². The third kappa shape index (κ3) is 2.84. The van der Waals surface area contributed by atoms with Gasteiger partial charge in [0.15, 0.2) is 5.82 Å². The maximum absolute atomic E-state index is 5.75. The predicted molar refractivity (Wildman–Crippen MR) is 93.9 cm³/mol. The average molecular weight is 342 g/mol. The lowest BCUT2D eigenvalue weighted by molar-refractivity contribution is 0.0452. The maximum atomic E-state index is 5.75. The molecule has 0 aliphatic heterocycles. The number of rotatable bonds is 5. The van der Waals surface area contributed by atoms with E-state index in [1.54, 1.807) is 14.2 Å². The Morgan fingerprint density at radius 3 is 2.52 bits per heavy atom. The van der Waals surface area contributed by atoms with E-state index in [0.717, 1.165) is 56.0 Å². The van der Waals surface area contributed by atoms with Crippen LogP contribution in [0.15, 0.2) is 28.8 Å². The zero-order valence-corrected chi connectivity index (χ0v) is 15.2. The first-order chi connectivity index (χ1) is 12.1. The summed E-state index contributed by atoms with van der Waals surface area (Å²) in [5.74, 6) is 2.48. The Labute approximate surface area is 148 Å². The molecule has 2 aliphatic rings. The first-order valence-corrected chi connectivity index (χ1v) is 9.12. The molecular weight excluding hydrogens is 316 g/mol. The second-order valence-corrected chi connectivity index (χ2v) is 7.73. The molecule has 1 aromatic heterocycles. The van der Waals surface area contributed by atoms with Crippen molar-refractivity contribution in [1.82, 2.24) is 10.1 Å². The smallest absolute Gasteiger partial charge is 0.232 e. The van der Waals surface area contributed by atoms with Gasteiger partial charge >= 0.3 is 0 Å². The predicted octanol–water partition coefficient (Wildman–Crippen LogP) is 4.00. The molecule has 0 radical (unpaired) electrons. The molecule has 0 spiro atoms. The van der Waals surface area contributed by atoms with Crippen LogP contribution in [0.5, 0.6) is 5.75 Å². The van der Waals surface area contributed by atoms with Gasteiger partial charge in [-0.3, -0.25) is 0 Å². The summed E-state index contributed by atoms with van der Waals surface area (Å²) in [7, 11) is 3.49. The van der Waals surface area contributed by atoms with Gasteiger partial charge in [0.1, 0.15) is 5.75 Å². The molecule has 0 atom stereocenters. The van der Waals surface area contributed by atoms with Crippen molar-refractivity contribution in [2.45, 2.75) is 62.4 Å². The van der Waals surface area contributed by atoms with Crippen molar-refractivity contribution in [3.05, 3.63) is 41.5 Å². The lowest BCUT2D eigenvalue weighted by Crippen LogP contribution is -2.32. The van der Waals surface area contributed by atoms with Gasteiger partial charge < -0.3 is 14.0 Å².